The number of alkyl halides is 3. The first kappa shape index (κ1) is 22.5. The first-order valence-corrected chi connectivity index (χ1v) is 11.2. The molecule has 2 aromatic heterocycles. The third-order valence-corrected chi connectivity index (χ3v) is 6.36. The van der Waals surface area contributed by atoms with Crippen LogP contribution in [0.25, 0.3) is 16.6 Å². The summed E-state index contributed by atoms with van der Waals surface area (Å²) in [7, 11) is 0. The van der Waals surface area contributed by atoms with Gasteiger partial charge in [-0.1, -0.05) is 0 Å². The van der Waals surface area contributed by atoms with E-state index in [-0.39, 0.29) is 5.56 Å². The van der Waals surface area contributed by atoms with Gasteiger partial charge in [0.25, 0.3) is 5.56 Å². The third-order valence-electron chi connectivity index (χ3n) is 6.36. The Bertz CT molecular complexity index is 1320. The molecule has 1 unspecified atom stereocenters. The number of rotatable bonds is 4. The molecular weight excluding hydrogens is 449 g/mol. The average Bonchev–Trinajstić information content (AvgIpc) is 3.32. The maximum atomic E-state index is 13.3. The zero-order valence-electron chi connectivity index (χ0n) is 18.4. The van der Waals surface area contributed by atoms with Gasteiger partial charge in [-0.15, -0.1) is 0 Å². The maximum Gasteiger partial charge on any atom is 0.416 e. The lowest BCUT2D eigenvalue weighted by Crippen LogP contribution is -2.49. The molecule has 2 N–H and O–H groups in total. The van der Waals surface area contributed by atoms with Crippen LogP contribution in [0.4, 0.5) is 13.2 Å². The maximum absolute atomic E-state index is 13.3. The van der Waals surface area contributed by atoms with Crippen molar-refractivity contribution in [1.82, 2.24) is 24.2 Å². The second kappa shape index (κ2) is 8.80. The number of nitrogens with zero attached hydrogens (tertiary/aromatic N) is 5. The van der Waals surface area contributed by atoms with Crippen molar-refractivity contribution in [3.8, 4) is 0 Å². The van der Waals surface area contributed by atoms with E-state index in [4.69, 9.17) is 0 Å². The van der Waals surface area contributed by atoms with Gasteiger partial charge in [0, 0.05) is 38.9 Å². The molecule has 0 aliphatic carbocycles. The summed E-state index contributed by atoms with van der Waals surface area (Å²) >= 11 is 0. The molecule has 180 valence electrons. The lowest BCUT2D eigenvalue weighted by Gasteiger charge is -2.36. The second-order valence-corrected chi connectivity index (χ2v) is 8.51. The predicted molar refractivity (Wildman–Crippen MR) is 123 cm³/mol. The first-order chi connectivity index (χ1) is 16.3. The molecule has 11 heteroatoms. The highest BCUT2D eigenvalue weighted by molar-refractivity contribution is 5.93. The molecule has 2 aliphatic rings. The van der Waals surface area contributed by atoms with Crippen molar-refractivity contribution in [2.24, 2.45) is 5.10 Å². The summed E-state index contributed by atoms with van der Waals surface area (Å²) < 4.78 is 43.0. The summed E-state index contributed by atoms with van der Waals surface area (Å²) in [5.41, 5.74) is 2.91. The van der Waals surface area contributed by atoms with Gasteiger partial charge in [0.2, 0.25) is 0 Å². The molecule has 1 saturated heterocycles. The molecular formula is C23H25F3N6O2. The molecule has 1 atom stereocenters. The van der Waals surface area contributed by atoms with Crippen molar-refractivity contribution < 1.29 is 18.3 Å². The summed E-state index contributed by atoms with van der Waals surface area (Å²) in [6.07, 6.45) is 0.556. The number of aromatic nitrogens is 2. The van der Waals surface area contributed by atoms with Gasteiger partial charge >= 0.3 is 6.18 Å². The van der Waals surface area contributed by atoms with E-state index < -0.39 is 18.0 Å². The van der Waals surface area contributed by atoms with Crippen LogP contribution in [0.2, 0.25) is 0 Å². The predicted octanol–water partition coefficient (Wildman–Crippen LogP) is 2.07. The highest BCUT2D eigenvalue weighted by atomic mass is 19.4. The lowest BCUT2D eigenvalue weighted by molar-refractivity contribution is -0.137. The number of halogens is 3. The lowest BCUT2D eigenvalue weighted by atomic mass is 10.1. The molecule has 0 amide bonds. The van der Waals surface area contributed by atoms with Crippen LogP contribution < -0.4 is 11.0 Å². The number of benzene rings is 1. The largest absolute Gasteiger partial charge is 0.416 e. The topological polar surface area (TPSA) is 77.5 Å². The molecule has 8 nitrogen and oxygen atoms in total. The van der Waals surface area contributed by atoms with E-state index in [1.807, 2.05) is 0 Å². The quantitative estimate of drug-likeness (QED) is 0.606. The van der Waals surface area contributed by atoms with E-state index in [1.54, 1.807) is 35.0 Å². The van der Waals surface area contributed by atoms with Gasteiger partial charge in [0.15, 0.2) is 6.23 Å². The highest BCUT2D eigenvalue weighted by Crippen LogP contribution is 2.31. The summed E-state index contributed by atoms with van der Waals surface area (Å²) in [6, 6.07) is 6.83. The van der Waals surface area contributed by atoms with Crippen LogP contribution in [-0.4, -0.2) is 68.7 Å². The number of aliphatic hydroxyl groups is 1. The molecule has 34 heavy (non-hydrogen) atoms. The molecule has 1 aromatic carbocycles. The molecule has 0 bridgehead atoms. The molecule has 0 radical (unpaired) electrons. The van der Waals surface area contributed by atoms with E-state index in [0.717, 1.165) is 50.7 Å². The van der Waals surface area contributed by atoms with Crippen molar-refractivity contribution in [2.75, 3.05) is 32.7 Å². The van der Waals surface area contributed by atoms with Gasteiger partial charge < -0.3 is 19.0 Å². The molecule has 0 spiro atoms. The number of hydrogen-bond acceptors (Lipinski definition) is 6. The molecule has 3 aromatic rings. The van der Waals surface area contributed by atoms with Crippen molar-refractivity contribution in [1.29, 1.82) is 0 Å². The Morgan fingerprint density at radius 3 is 2.56 bits per heavy atom. The van der Waals surface area contributed by atoms with Gasteiger partial charge in [-0.05, 0) is 55.4 Å². The SMILES string of the molecule is O=c1c2cccn2c2cc(C(F)(F)F)ccc2n1CCCN1CCN(C2=NNC(O)C=C2)CC1. The third kappa shape index (κ3) is 4.28. The average molecular weight is 474 g/mol. The van der Waals surface area contributed by atoms with Crippen LogP contribution in [-0.2, 0) is 12.7 Å². The van der Waals surface area contributed by atoms with Gasteiger partial charge in [-0.25, -0.2) is 0 Å². The minimum atomic E-state index is -4.45. The van der Waals surface area contributed by atoms with Gasteiger partial charge in [-0.2, -0.15) is 18.3 Å². The van der Waals surface area contributed by atoms with E-state index in [0.29, 0.717) is 29.5 Å². The molecule has 0 saturated carbocycles. The monoisotopic (exact) mass is 474 g/mol. The zero-order chi connectivity index (χ0) is 23.9. The first-order valence-electron chi connectivity index (χ1n) is 11.2. The fraction of sp³-hybridized carbons (Fsp3) is 0.391. The number of amidine groups is 1. The van der Waals surface area contributed by atoms with Crippen LogP contribution in [0.3, 0.4) is 0 Å². The van der Waals surface area contributed by atoms with E-state index >= 15 is 0 Å². The summed E-state index contributed by atoms with van der Waals surface area (Å²) in [4.78, 5) is 17.5. The van der Waals surface area contributed by atoms with Gasteiger partial charge in [0.05, 0.1) is 16.6 Å². The summed E-state index contributed by atoms with van der Waals surface area (Å²) in [6.45, 7) is 4.43. The van der Waals surface area contributed by atoms with Crippen molar-refractivity contribution in [3.63, 3.8) is 0 Å². The van der Waals surface area contributed by atoms with Crippen LogP contribution in [0.5, 0.6) is 0 Å². The van der Waals surface area contributed by atoms with E-state index in [1.165, 1.54) is 10.5 Å². The van der Waals surface area contributed by atoms with Crippen molar-refractivity contribution in [2.45, 2.75) is 25.4 Å². The van der Waals surface area contributed by atoms with Crippen LogP contribution in [0.1, 0.15) is 12.0 Å². The molecule has 4 heterocycles. The number of hydrogen-bond donors (Lipinski definition) is 2. The number of fused-ring (bicyclic) bond motifs is 3. The normalized spacial score (nSPS) is 19.6. The Hall–Kier alpha value is -3.31. The highest BCUT2D eigenvalue weighted by Gasteiger charge is 2.31. The van der Waals surface area contributed by atoms with E-state index in [2.05, 4.69) is 20.3 Å². The second-order valence-electron chi connectivity index (χ2n) is 8.51. The van der Waals surface area contributed by atoms with Gasteiger partial charge in [-0.3, -0.25) is 15.1 Å². The minimum absolute atomic E-state index is 0.209. The fourth-order valence-electron chi connectivity index (χ4n) is 4.57. The van der Waals surface area contributed by atoms with Crippen molar-refractivity contribution >= 4 is 22.4 Å². The molecule has 5 rings (SSSR count). The number of hydrazone groups is 1. The number of nitrogens with one attached hydrogen (secondary N) is 1. The standard InChI is InChI=1S/C23H25F3N6O2/c24-23(25,26)16-4-5-17-19(15-16)31-9-1-3-18(31)22(34)32(17)10-2-8-29-11-13-30(14-12-29)20-6-7-21(33)28-27-20/h1,3-7,9,15,21,28,33H,2,8,10-14H2. The Kier molecular flexibility index (Phi) is 5.82. The van der Waals surface area contributed by atoms with Crippen LogP contribution in [0, 0.1) is 0 Å². The van der Waals surface area contributed by atoms with Gasteiger partial charge in [0.1, 0.15) is 11.4 Å². The Morgan fingerprint density at radius 1 is 1.06 bits per heavy atom. The fourth-order valence-corrected chi connectivity index (χ4v) is 4.57. The van der Waals surface area contributed by atoms with Crippen LogP contribution >= 0.6 is 0 Å². The number of aliphatic hydroxyl groups excluding tert-OH is 1. The Balaban J connectivity index is 1.28. The summed E-state index contributed by atoms with van der Waals surface area (Å²) in [5, 5.41) is 13.6. The summed E-state index contributed by atoms with van der Waals surface area (Å²) in [5.74, 6) is 0.793. The smallest absolute Gasteiger partial charge is 0.369 e. The Morgan fingerprint density at radius 2 is 1.85 bits per heavy atom. The number of piperazine rings is 1. The molecule has 2 aliphatic heterocycles. The minimum Gasteiger partial charge on any atom is -0.369 e. The van der Waals surface area contributed by atoms with Crippen molar-refractivity contribution in [3.05, 3.63) is 64.6 Å². The Labute approximate surface area is 193 Å². The number of aryl methyl sites for hydroxylation is 1. The van der Waals surface area contributed by atoms with Crippen LogP contribution in [0.15, 0.2) is 58.6 Å². The zero-order valence-corrected chi connectivity index (χ0v) is 18.4. The molecule has 1 fully saturated rings. The van der Waals surface area contributed by atoms with E-state index in [9.17, 15) is 23.1 Å².